The standard InChI is InChI=1S/C15H20F2N2O3/c1-10(9-22-14-5-4-11(16)7-13(14)17)18-15(21)19-6-2-3-12(20)8-19/h4-5,7,10,12,20H,2-3,6,8-9H2,1H3,(H,18,21). The Morgan fingerprint density at radius 2 is 2.32 bits per heavy atom. The van der Waals surface area contributed by atoms with Gasteiger partial charge in [-0.05, 0) is 31.9 Å². The molecule has 0 aliphatic carbocycles. The van der Waals surface area contributed by atoms with E-state index in [4.69, 9.17) is 4.74 Å². The predicted octanol–water partition coefficient (Wildman–Crippen LogP) is 1.90. The average Bonchev–Trinajstić information content (AvgIpc) is 2.46. The van der Waals surface area contributed by atoms with Crippen LogP contribution in [-0.2, 0) is 0 Å². The van der Waals surface area contributed by atoms with Crippen LogP contribution in [-0.4, -0.2) is 47.9 Å². The molecule has 0 spiro atoms. The molecule has 2 amide bonds. The monoisotopic (exact) mass is 314 g/mol. The zero-order valence-corrected chi connectivity index (χ0v) is 12.4. The molecule has 0 bridgehead atoms. The fourth-order valence-electron chi connectivity index (χ4n) is 2.29. The SMILES string of the molecule is CC(COc1ccc(F)cc1F)NC(=O)N1CCCC(O)C1. The van der Waals surface area contributed by atoms with Crippen molar-refractivity contribution in [1.29, 1.82) is 0 Å². The molecule has 1 aromatic rings. The number of carbonyl (C=O) groups excluding carboxylic acids is 1. The maximum absolute atomic E-state index is 13.4. The van der Waals surface area contributed by atoms with Crippen molar-refractivity contribution in [1.82, 2.24) is 10.2 Å². The summed E-state index contributed by atoms with van der Waals surface area (Å²) >= 11 is 0. The Labute approximate surface area is 127 Å². The first-order valence-electron chi connectivity index (χ1n) is 7.27. The third kappa shape index (κ3) is 4.56. The number of benzene rings is 1. The number of nitrogens with zero attached hydrogens (tertiary/aromatic N) is 1. The Kier molecular flexibility index (Phi) is 5.54. The van der Waals surface area contributed by atoms with E-state index in [1.54, 1.807) is 11.8 Å². The minimum absolute atomic E-state index is 0.0594. The Bertz CT molecular complexity index is 528. The molecule has 1 aromatic carbocycles. The number of aliphatic hydroxyl groups excluding tert-OH is 1. The summed E-state index contributed by atoms with van der Waals surface area (Å²) in [5, 5.41) is 12.3. The van der Waals surface area contributed by atoms with E-state index in [1.165, 1.54) is 6.07 Å². The summed E-state index contributed by atoms with van der Waals surface area (Å²) in [4.78, 5) is 13.5. The van der Waals surface area contributed by atoms with E-state index in [-0.39, 0.29) is 24.4 Å². The number of hydrogen-bond acceptors (Lipinski definition) is 3. The number of hydrogen-bond donors (Lipinski definition) is 2. The Morgan fingerprint density at radius 3 is 3.00 bits per heavy atom. The van der Waals surface area contributed by atoms with E-state index in [0.717, 1.165) is 18.6 Å². The first-order valence-corrected chi connectivity index (χ1v) is 7.27. The number of halogens is 2. The first kappa shape index (κ1) is 16.5. The average molecular weight is 314 g/mol. The summed E-state index contributed by atoms with van der Waals surface area (Å²) in [6.07, 6.45) is 0.978. The minimum atomic E-state index is -0.780. The normalized spacial score (nSPS) is 19.6. The van der Waals surface area contributed by atoms with Gasteiger partial charge in [0.2, 0.25) is 0 Å². The third-order valence-corrected chi connectivity index (χ3v) is 3.44. The second-order valence-electron chi connectivity index (χ2n) is 5.48. The minimum Gasteiger partial charge on any atom is -0.488 e. The first-order chi connectivity index (χ1) is 10.5. The highest BCUT2D eigenvalue weighted by atomic mass is 19.1. The summed E-state index contributed by atoms with van der Waals surface area (Å²) in [5.41, 5.74) is 0. The summed E-state index contributed by atoms with van der Waals surface area (Å²) < 4.78 is 31.4. The van der Waals surface area contributed by atoms with Crippen LogP contribution in [0.2, 0.25) is 0 Å². The summed E-state index contributed by atoms with van der Waals surface area (Å²) in [7, 11) is 0. The summed E-state index contributed by atoms with van der Waals surface area (Å²) in [5.74, 6) is -1.51. The molecule has 2 N–H and O–H groups in total. The number of piperidine rings is 1. The summed E-state index contributed by atoms with van der Waals surface area (Å²) in [6.45, 7) is 2.69. The van der Waals surface area contributed by atoms with Gasteiger partial charge < -0.3 is 20.1 Å². The van der Waals surface area contributed by atoms with Crippen LogP contribution in [0, 0.1) is 11.6 Å². The molecule has 1 saturated heterocycles. The lowest BCUT2D eigenvalue weighted by Crippen LogP contribution is -2.50. The van der Waals surface area contributed by atoms with Crippen molar-refractivity contribution >= 4 is 6.03 Å². The Hall–Kier alpha value is -1.89. The molecule has 5 nitrogen and oxygen atoms in total. The molecule has 1 aliphatic rings. The van der Waals surface area contributed by atoms with Gasteiger partial charge in [0.1, 0.15) is 12.4 Å². The van der Waals surface area contributed by atoms with Gasteiger partial charge in [0.15, 0.2) is 11.6 Å². The number of urea groups is 1. The number of ether oxygens (including phenoxy) is 1. The van der Waals surface area contributed by atoms with Crippen LogP contribution in [0.3, 0.4) is 0 Å². The predicted molar refractivity (Wildman–Crippen MR) is 76.7 cm³/mol. The van der Waals surface area contributed by atoms with Crippen molar-refractivity contribution in [3.8, 4) is 5.75 Å². The molecule has 0 radical (unpaired) electrons. The van der Waals surface area contributed by atoms with Gasteiger partial charge in [-0.3, -0.25) is 0 Å². The van der Waals surface area contributed by atoms with Crippen LogP contribution in [0.1, 0.15) is 19.8 Å². The molecule has 2 unspecified atom stereocenters. The van der Waals surface area contributed by atoms with Crippen LogP contribution in [0.25, 0.3) is 0 Å². The highest BCUT2D eigenvalue weighted by Crippen LogP contribution is 2.17. The molecule has 122 valence electrons. The zero-order chi connectivity index (χ0) is 16.1. The largest absolute Gasteiger partial charge is 0.488 e. The molecule has 2 atom stereocenters. The maximum Gasteiger partial charge on any atom is 0.317 e. The van der Waals surface area contributed by atoms with E-state index in [1.807, 2.05) is 0 Å². The lowest BCUT2D eigenvalue weighted by Gasteiger charge is -2.31. The van der Waals surface area contributed by atoms with Gasteiger partial charge in [-0.2, -0.15) is 0 Å². The smallest absolute Gasteiger partial charge is 0.317 e. The van der Waals surface area contributed by atoms with Gasteiger partial charge in [-0.1, -0.05) is 0 Å². The molecule has 2 rings (SSSR count). The highest BCUT2D eigenvalue weighted by Gasteiger charge is 2.23. The fourth-order valence-corrected chi connectivity index (χ4v) is 2.29. The van der Waals surface area contributed by atoms with E-state index in [0.29, 0.717) is 19.5 Å². The van der Waals surface area contributed by atoms with Crippen molar-refractivity contribution in [3.05, 3.63) is 29.8 Å². The van der Waals surface area contributed by atoms with Crippen LogP contribution in [0.4, 0.5) is 13.6 Å². The van der Waals surface area contributed by atoms with Gasteiger partial charge >= 0.3 is 6.03 Å². The van der Waals surface area contributed by atoms with E-state index in [9.17, 15) is 18.7 Å². The number of aliphatic hydroxyl groups is 1. The molecular weight excluding hydrogens is 294 g/mol. The summed E-state index contributed by atoms with van der Waals surface area (Å²) in [6, 6.07) is 2.43. The number of nitrogens with one attached hydrogen (secondary N) is 1. The van der Waals surface area contributed by atoms with Gasteiger partial charge in [0.05, 0.1) is 12.1 Å². The quantitative estimate of drug-likeness (QED) is 0.892. The fraction of sp³-hybridized carbons (Fsp3) is 0.533. The molecule has 22 heavy (non-hydrogen) atoms. The maximum atomic E-state index is 13.4. The van der Waals surface area contributed by atoms with E-state index < -0.39 is 17.7 Å². The molecule has 0 aromatic heterocycles. The van der Waals surface area contributed by atoms with Crippen molar-refractivity contribution in [2.75, 3.05) is 19.7 Å². The van der Waals surface area contributed by atoms with E-state index >= 15 is 0 Å². The van der Waals surface area contributed by atoms with Crippen molar-refractivity contribution in [3.63, 3.8) is 0 Å². The van der Waals surface area contributed by atoms with Crippen LogP contribution < -0.4 is 10.1 Å². The number of amides is 2. The molecule has 1 aliphatic heterocycles. The number of β-amino-alcohol motifs (C(OH)–C–C–N with tert-alkyl or cyclic N) is 1. The number of likely N-dealkylation sites (tertiary alicyclic amines) is 1. The lowest BCUT2D eigenvalue weighted by molar-refractivity contribution is 0.0827. The van der Waals surface area contributed by atoms with E-state index in [2.05, 4.69) is 5.32 Å². The van der Waals surface area contributed by atoms with Gasteiger partial charge in [0, 0.05) is 19.2 Å². The van der Waals surface area contributed by atoms with Crippen molar-refractivity contribution < 1.29 is 23.4 Å². The van der Waals surface area contributed by atoms with Crippen LogP contribution in [0.5, 0.6) is 5.75 Å². The van der Waals surface area contributed by atoms with Gasteiger partial charge in [-0.25, -0.2) is 13.6 Å². The Balaban J connectivity index is 1.79. The van der Waals surface area contributed by atoms with Crippen LogP contribution in [0.15, 0.2) is 18.2 Å². The number of rotatable bonds is 4. The Morgan fingerprint density at radius 1 is 1.55 bits per heavy atom. The van der Waals surface area contributed by atoms with Gasteiger partial charge in [-0.15, -0.1) is 0 Å². The number of carbonyl (C=O) groups is 1. The molecular formula is C15H20F2N2O3. The van der Waals surface area contributed by atoms with Crippen LogP contribution >= 0.6 is 0 Å². The third-order valence-electron chi connectivity index (χ3n) is 3.44. The van der Waals surface area contributed by atoms with Gasteiger partial charge in [0.25, 0.3) is 0 Å². The molecule has 1 heterocycles. The second kappa shape index (κ2) is 7.40. The van der Waals surface area contributed by atoms with Crippen molar-refractivity contribution in [2.24, 2.45) is 0 Å². The zero-order valence-electron chi connectivity index (χ0n) is 12.4. The topological polar surface area (TPSA) is 61.8 Å². The lowest BCUT2D eigenvalue weighted by atomic mass is 10.1. The molecule has 0 saturated carbocycles. The highest BCUT2D eigenvalue weighted by molar-refractivity contribution is 5.74. The van der Waals surface area contributed by atoms with Crippen molar-refractivity contribution in [2.45, 2.75) is 31.9 Å². The second-order valence-corrected chi connectivity index (χ2v) is 5.48. The molecule has 7 heteroatoms. The molecule has 1 fully saturated rings.